The van der Waals surface area contributed by atoms with Crippen molar-refractivity contribution in [2.24, 2.45) is 16.5 Å². The molecule has 6 N–H and O–H groups in total. The molecular formula is C10H14N6O4S. The first-order valence-electron chi connectivity index (χ1n) is 5.45. The number of nitrogens with zero attached hydrogens (tertiary/aromatic N) is 4. The van der Waals surface area contributed by atoms with Crippen molar-refractivity contribution in [3.05, 3.63) is 42.5 Å². The molecule has 0 saturated carbocycles. The summed E-state index contributed by atoms with van der Waals surface area (Å²) in [7, 11) is -4.67. The van der Waals surface area contributed by atoms with Crippen LogP contribution in [0.25, 0.3) is 0 Å². The summed E-state index contributed by atoms with van der Waals surface area (Å²) >= 11 is 0. The molecule has 0 aliphatic carbocycles. The second kappa shape index (κ2) is 7.33. The molecule has 21 heavy (non-hydrogen) atoms. The minimum Gasteiger partial charge on any atom is -0.370 e. The Kier molecular flexibility index (Phi) is 5.78. The van der Waals surface area contributed by atoms with E-state index in [1.807, 2.05) is 28.8 Å². The van der Waals surface area contributed by atoms with Gasteiger partial charge in [0.25, 0.3) is 0 Å². The smallest absolute Gasteiger partial charge is 0.370 e. The summed E-state index contributed by atoms with van der Waals surface area (Å²) in [5.74, 6) is 0.0616. The van der Waals surface area contributed by atoms with Gasteiger partial charge >= 0.3 is 10.4 Å². The second-order valence-corrected chi connectivity index (χ2v) is 4.68. The van der Waals surface area contributed by atoms with Crippen LogP contribution in [-0.4, -0.2) is 38.2 Å². The highest BCUT2D eigenvalue weighted by Gasteiger charge is 1.95. The van der Waals surface area contributed by atoms with Crippen molar-refractivity contribution in [2.75, 3.05) is 0 Å². The summed E-state index contributed by atoms with van der Waals surface area (Å²) in [6.45, 7) is 0.731. The van der Waals surface area contributed by atoms with Gasteiger partial charge in [0.15, 0.2) is 5.96 Å². The van der Waals surface area contributed by atoms with Gasteiger partial charge in [-0.15, -0.1) is 10.2 Å². The van der Waals surface area contributed by atoms with Gasteiger partial charge in [-0.3, -0.25) is 9.11 Å². The zero-order chi connectivity index (χ0) is 15.9. The molecule has 0 amide bonds. The molecule has 2 rings (SSSR count). The van der Waals surface area contributed by atoms with Crippen molar-refractivity contribution < 1.29 is 17.5 Å². The number of aliphatic imine (C=N–C) groups is 1. The van der Waals surface area contributed by atoms with Gasteiger partial charge in [-0.2, -0.15) is 8.42 Å². The van der Waals surface area contributed by atoms with E-state index in [2.05, 4.69) is 15.2 Å². The lowest BCUT2D eigenvalue weighted by molar-refractivity contribution is 0.381. The maximum atomic E-state index is 8.74. The average Bonchev–Trinajstić information content (AvgIpc) is 2.82. The Morgan fingerprint density at radius 3 is 2.05 bits per heavy atom. The number of hydrogen-bond donors (Lipinski definition) is 4. The van der Waals surface area contributed by atoms with Gasteiger partial charge in [-0.1, -0.05) is 12.1 Å². The van der Waals surface area contributed by atoms with Crippen LogP contribution in [0.15, 0.2) is 41.9 Å². The van der Waals surface area contributed by atoms with Crippen molar-refractivity contribution in [1.82, 2.24) is 14.8 Å². The Morgan fingerprint density at radius 2 is 1.62 bits per heavy atom. The summed E-state index contributed by atoms with van der Waals surface area (Å²) in [6.07, 6.45) is 3.34. The zero-order valence-corrected chi connectivity index (χ0v) is 11.6. The minimum absolute atomic E-state index is 0.0616. The minimum atomic E-state index is -4.67. The number of guanidine groups is 1. The maximum Gasteiger partial charge on any atom is 0.394 e. The number of aromatic nitrogens is 3. The van der Waals surface area contributed by atoms with Crippen LogP contribution in [0.5, 0.6) is 0 Å². The first-order valence-corrected chi connectivity index (χ1v) is 6.84. The molecule has 1 aromatic heterocycles. The molecule has 114 valence electrons. The standard InChI is InChI=1S/C10H12N6.H2O4S/c11-10(12)15-9-3-1-8(2-4-9)5-16-6-13-14-7-16;1-5(2,3)4/h1-4,6-7H,5H2,(H4,11,12,15);(H2,1,2,3,4). The molecule has 0 spiro atoms. The van der Waals surface area contributed by atoms with Crippen molar-refractivity contribution in [3.8, 4) is 0 Å². The fraction of sp³-hybridized carbons (Fsp3) is 0.100. The lowest BCUT2D eigenvalue weighted by Crippen LogP contribution is -2.21. The van der Waals surface area contributed by atoms with Crippen LogP contribution in [0.4, 0.5) is 5.69 Å². The molecule has 2 aromatic rings. The van der Waals surface area contributed by atoms with E-state index in [1.54, 1.807) is 12.7 Å². The number of rotatable bonds is 3. The second-order valence-electron chi connectivity index (χ2n) is 3.79. The molecule has 0 saturated heterocycles. The van der Waals surface area contributed by atoms with Gasteiger partial charge in [0.2, 0.25) is 0 Å². The van der Waals surface area contributed by atoms with Crippen molar-refractivity contribution >= 4 is 22.0 Å². The fourth-order valence-electron chi connectivity index (χ4n) is 1.34. The lowest BCUT2D eigenvalue weighted by Gasteiger charge is -2.02. The van der Waals surface area contributed by atoms with Gasteiger partial charge in [0.05, 0.1) is 5.69 Å². The topological polar surface area (TPSA) is 170 Å². The third-order valence-corrected chi connectivity index (χ3v) is 2.03. The third kappa shape index (κ3) is 8.30. The first kappa shape index (κ1) is 16.6. The molecule has 1 heterocycles. The molecule has 11 heteroatoms. The van der Waals surface area contributed by atoms with E-state index in [-0.39, 0.29) is 5.96 Å². The summed E-state index contributed by atoms with van der Waals surface area (Å²) in [5.41, 5.74) is 12.4. The van der Waals surface area contributed by atoms with Crippen LogP contribution in [0.2, 0.25) is 0 Å². The maximum absolute atomic E-state index is 8.74. The summed E-state index contributed by atoms with van der Waals surface area (Å²) in [4.78, 5) is 3.94. The summed E-state index contributed by atoms with van der Waals surface area (Å²) in [5, 5.41) is 7.47. The predicted molar refractivity (Wildman–Crippen MR) is 75.2 cm³/mol. The molecule has 0 aliphatic rings. The van der Waals surface area contributed by atoms with Crippen LogP contribution in [0.3, 0.4) is 0 Å². The number of benzene rings is 1. The Bertz CT molecular complexity index is 669. The van der Waals surface area contributed by atoms with Crippen LogP contribution < -0.4 is 11.5 Å². The van der Waals surface area contributed by atoms with Crippen LogP contribution in [-0.2, 0) is 16.9 Å². The van der Waals surface area contributed by atoms with Gasteiger partial charge in [-0.25, -0.2) is 4.99 Å². The SMILES string of the molecule is NC(N)=Nc1ccc(Cn2cnnc2)cc1.O=S(=O)(O)O. The van der Waals surface area contributed by atoms with E-state index in [0.29, 0.717) is 0 Å². The molecule has 1 aromatic carbocycles. The van der Waals surface area contributed by atoms with Gasteiger partial charge < -0.3 is 16.0 Å². The average molecular weight is 314 g/mol. The van der Waals surface area contributed by atoms with Crippen LogP contribution >= 0.6 is 0 Å². The number of nitrogens with two attached hydrogens (primary N) is 2. The lowest BCUT2D eigenvalue weighted by atomic mass is 10.2. The fourth-order valence-corrected chi connectivity index (χ4v) is 1.34. The molecule has 0 fully saturated rings. The van der Waals surface area contributed by atoms with E-state index in [0.717, 1.165) is 17.8 Å². The van der Waals surface area contributed by atoms with Gasteiger partial charge in [-0.05, 0) is 17.7 Å². The summed E-state index contributed by atoms with van der Waals surface area (Å²) < 4.78 is 33.5. The molecule has 0 unspecified atom stereocenters. The third-order valence-electron chi connectivity index (χ3n) is 2.03. The van der Waals surface area contributed by atoms with Crippen LogP contribution in [0.1, 0.15) is 5.56 Å². The molecule has 0 radical (unpaired) electrons. The van der Waals surface area contributed by atoms with E-state index < -0.39 is 10.4 Å². The highest BCUT2D eigenvalue weighted by molar-refractivity contribution is 7.79. The number of hydrogen-bond acceptors (Lipinski definition) is 5. The van der Waals surface area contributed by atoms with Crippen molar-refractivity contribution in [1.29, 1.82) is 0 Å². The summed E-state index contributed by atoms with van der Waals surface area (Å²) in [6, 6.07) is 7.64. The van der Waals surface area contributed by atoms with E-state index in [9.17, 15) is 0 Å². The Labute approximate surface area is 120 Å². The highest BCUT2D eigenvalue weighted by Crippen LogP contribution is 2.13. The van der Waals surface area contributed by atoms with E-state index in [4.69, 9.17) is 29.0 Å². The Hall–Kier alpha value is -2.50. The largest absolute Gasteiger partial charge is 0.394 e. The van der Waals surface area contributed by atoms with Crippen LogP contribution in [0, 0.1) is 0 Å². The van der Waals surface area contributed by atoms with Gasteiger partial charge in [0, 0.05) is 6.54 Å². The molecule has 0 bridgehead atoms. The highest BCUT2D eigenvalue weighted by atomic mass is 32.3. The van der Waals surface area contributed by atoms with Gasteiger partial charge in [0.1, 0.15) is 12.7 Å². The van der Waals surface area contributed by atoms with E-state index >= 15 is 0 Å². The Balaban J connectivity index is 0.000000383. The predicted octanol–water partition coefficient (Wildman–Crippen LogP) is -0.422. The molecule has 0 atom stereocenters. The quantitative estimate of drug-likeness (QED) is 0.336. The monoisotopic (exact) mass is 314 g/mol. The Morgan fingerprint density at radius 1 is 1.14 bits per heavy atom. The zero-order valence-electron chi connectivity index (χ0n) is 10.7. The molecule has 10 nitrogen and oxygen atoms in total. The van der Waals surface area contributed by atoms with Crippen molar-refractivity contribution in [2.45, 2.75) is 6.54 Å². The molecular weight excluding hydrogens is 300 g/mol. The first-order chi connectivity index (χ1) is 9.74. The normalized spacial score (nSPS) is 10.4. The molecule has 0 aliphatic heterocycles. The van der Waals surface area contributed by atoms with E-state index in [1.165, 1.54) is 0 Å². The van der Waals surface area contributed by atoms with Crippen molar-refractivity contribution in [3.63, 3.8) is 0 Å².